The summed E-state index contributed by atoms with van der Waals surface area (Å²) in [6.07, 6.45) is 0. The van der Waals surface area contributed by atoms with Crippen molar-refractivity contribution >= 4 is 21.8 Å². The third kappa shape index (κ3) is 3.73. The second-order valence-electron chi connectivity index (χ2n) is 4.09. The normalized spacial score (nSPS) is 13.9. The van der Waals surface area contributed by atoms with E-state index in [0.717, 1.165) is 16.9 Å². The van der Waals surface area contributed by atoms with Gasteiger partial charge >= 0.3 is 0 Å². The number of nitrogens with one attached hydrogen (secondary N) is 1. The largest absolute Gasteiger partial charge is 0.496 e. The molecule has 0 aliphatic carbocycles. The first-order valence-corrected chi connectivity index (χ1v) is 6.46. The van der Waals surface area contributed by atoms with Gasteiger partial charge in [-0.1, -0.05) is 33.6 Å². The third-order valence-electron chi connectivity index (χ3n) is 2.57. The van der Waals surface area contributed by atoms with Crippen molar-refractivity contribution in [2.24, 2.45) is 0 Å². The number of halogens is 1. The lowest BCUT2D eigenvalue weighted by Gasteiger charge is -2.18. The van der Waals surface area contributed by atoms with Crippen LogP contribution in [0.3, 0.4) is 0 Å². The Morgan fingerprint density at radius 3 is 2.59 bits per heavy atom. The molecule has 1 amide bonds. The van der Waals surface area contributed by atoms with Gasteiger partial charge in [0.2, 0.25) is 5.91 Å². The zero-order valence-electron chi connectivity index (χ0n) is 10.6. The fraction of sp³-hybridized carbons (Fsp3) is 0.462. The standard InChI is InChI=1S/C13H18BrNO2/c1-8-5-6-12(17-4)11(7-8)10(3)15-13(16)9(2)14/h5-7,9-10H,1-4H3,(H,15,16). The third-order valence-corrected chi connectivity index (χ3v) is 2.99. The Labute approximate surface area is 111 Å². The van der Waals surface area contributed by atoms with Gasteiger partial charge in [-0.25, -0.2) is 0 Å². The van der Waals surface area contributed by atoms with Gasteiger partial charge in [0.25, 0.3) is 0 Å². The molecule has 1 rings (SSSR count). The Balaban J connectivity index is 2.91. The minimum atomic E-state index is -0.194. The molecule has 0 aliphatic heterocycles. The molecule has 0 fully saturated rings. The summed E-state index contributed by atoms with van der Waals surface area (Å²) in [5.41, 5.74) is 2.14. The van der Waals surface area contributed by atoms with Gasteiger partial charge in [0, 0.05) is 5.56 Å². The molecular weight excluding hydrogens is 282 g/mol. The van der Waals surface area contributed by atoms with Crippen LogP contribution in [0.2, 0.25) is 0 Å². The van der Waals surface area contributed by atoms with Crippen molar-refractivity contribution in [2.45, 2.75) is 31.6 Å². The van der Waals surface area contributed by atoms with Crippen LogP contribution in [0.1, 0.15) is 31.0 Å². The molecule has 17 heavy (non-hydrogen) atoms. The van der Waals surface area contributed by atoms with Gasteiger partial charge in [0.15, 0.2) is 0 Å². The molecule has 4 heteroatoms. The van der Waals surface area contributed by atoms with Crippen LogP contribution in [0.4, 0.5) is 0 Å². The van der Waals surface area contributed by atoms with Crippen LogP contribution in [-0.4, -0.2) is 17.8 Å². The maximum absolute atomic E-state index is 11.6. The molecule has 3 nitrogen and oxygen atoms in total. The molecule has 0 aliphatic rings. The van der Waals surface area contributed by atoms with E-state index in [-0.39, 0.29) is 16.8 Å². The maximum atomic E-state index is 11.6. The Morgan fingerprint density at radius 1 is 1.41 bits per heavy atom. The Kier molecular flexibility index (Phi) is 5.00. The Bertz CT molecular complexity index is 404. The SMILES string of the molecule is COc1ccc(C)cc1C(C)NC(=O)C(C)Br. The number of benzene rings is 1. The van der Waals surface area contributed by atoms with Crippen molar-refractivity contribution in [3.05, 3.63) is 29.3 Å². The summed E-state index contributed by atoms with van der Waals surface area (Å²) in [6.45, 7) is 5.77. The van der Waals surface area contributed by atoms with E-state index in [4.69, 9.17) is 4.74 Å². The van der Waals surface area contributed by atoms with Crippen LogP contribution in [0.15, 0.2) is 18.2 Å². The quantitative estimate of drug-likeness (QED) is 0.868. The Hall–Kier alpha value is -1.03. The topological polar surface area (TPSA) is 38.3 Å². The number of carbonyl (C=O) groups is 1. The number of amides is 1. The summed E-state index contributed by atoms with van der Waals surface area (Å²) >= 11 is 3.25. The van der Waals surface area contributed by atoms with Crippen LogP contribution in [0.5, 0.6) is 5.75 Å². The summed E-state index contributed by atoms with van der Waals surface area (Å²) in [6, 6.07) is 5.87. The van der Waals surface area contributed by atoms with Gasteiger partial charge in [-0.3, -0.25) is 4.79 Å². The fourth-order valence-corrected chi connectivity index (χ4v) is 1.73. The average molecular weight is 300 g/mol. The van der Waals surface area contributed by atoms with Crippen molar-refractivity contribution in [3.8, 4) is 5.75 Å². The molecule has 1 aromatic carbocycles. The van der Waals surface area contributed by atoms with Gasteiger partial charge in [-0.15, -0.1) is 0 Å². The number of ether oxygens (including phenoxy) is 1. The van der Waals surface area contributed by atoms with Gasteiger partial charge in [0.1, 0.15) is 5.75 Å². The summed E-state index contributed by atoms with van der Waals surface area (Å²) in [5, 5.41) is 2.93. The van der Waals surface area contributed by atoms with E-state index in [1.807, 2.05) is 32.0 Å². The van der Waals surface area contributed by atoms with Gasteiger partial charge in [-0.05, 0) is 26.8 Å². The number of aryl methyl sites for hydroxylation is 1. The van der Waals surface area contributed by atoms with Crippen molar-refractivity contribution in [1.82, 2.24) is 5.32 Å². The average Bonchev–Trinajstić information content (AvgIpc) is 2.28. The first-order valence-electron chi connectivity index (χ1n) is 5.54. The predicted molar refractivity (Wildman–Crippen MR) is 72.7 cm³/mol. The van der Waals surface area contributed by atoms with E-state index in [2.05, 4.69) is 21.2 Å². The molecule has 2 unspecified atom stereocenters. The van der Waals surface area contributed by atoms with Crippen molar-refractivity contribution in [3.63, 3.8) is 0 Å². The van der Waals surface area contributed by atoms with Gasteiger partial charge in [0.05, 0.1) is 18.0 Å². The van der Waals surface area contributed by atoms with Crippen LogP contribution in [0, 0.1) is 6.92 Å². The first-order chi connectivity index (χ1) is 7.95. The lowest BCUT2D eigenvalue weighted by molar-refractivity contribution is -0.120. The minimum absolute atomic E-state index is 0.0268. The van der Waals surface area contributed by atoms with E-state index < -0.39 is 0 Å². The minimum Gasteiger partial charge on any atom is -0.496 e. The summed E-state index contributed by atoms with van der Waals surface area (Å²) < 4.78 is 5.30. The highest BCUT2D eigenvalue weighted by Crippen LogP contribution is 2.26. The van der Waals surface area contributed by atoms with E-state index in [9.17, 15) is 4.79 Å². The number of hydrogen-bond acceptors (Lipinski definition) is 2. The van der Waals surface area contributed by atoms with Crippen LogP contribution >= 0.6 is 15.9 Å². The molecule has 0 spiro atoms. The number of alkyl halides is 1. The summed E-state index contributed by atoms with van der Waals surface area (Å²) in [7, 11) is 1.63. The zero-order chi connectivity index (χ0) is 13.0. The summed E-state index contributed by atoms with van der Waals surface area (Å²) in [4.78, 5) is 11.4. The number of rotatable bonds is 4. The molecule has 0 saturated carbocycles. The second kappa shape index (κ2) is 6.05. The van der Waals surface area contributed by atoms with E-state index in [1.54, 1.807) is 14.0 Å². The molecule has 0 radical (unpaired) electrons. The Morgan fingerprint density at radius 2 is 2.06 bits per heavy atom. The molecule has 0 bridgehead atoms. The number of hydrogen-bond donors (Lipinski definition) is 1. The zero-order valence-corrected chi connectivity index (χ0v) is 12.2. The lowest BCUT2D eigenvalue weighted by atomic mass is 10.0. The first kappa shape index (κ1) is 14.0. The molecule has 2 atom stereocenters. The predicted octanol–water partition coefficient (Wildman–Crippen LogP) is 2.96. The molecule has 0 aromatic heterocycles. The monoisotopic (exact) mass is 299 g/mol. The maximum Gasteiger partial charge on any atom is 0.233 e. The summed E-state index contributed by atoms with van der Waals surface area (Å²) in [5.74, 6) is 0.770. The molecular formula is C13H18BrNO2. The molecule has 94 valence electrons. The molecule has 0 heterocycles. The highest BCUT2D eigenvalue weighted by Gasteiger charge is 2.16. The lowest BCUT2D eigenvalue weighted by Crippen LogP contribution is -2.31. The highest BCUT2D eigenvalue weighted by molar-refractivity contribution is 9.10. The number of carbonyl (C=O) groups excluding carboxylic acids is 1. The number of methoxy groups -OCH3 is 1. The van der Waals surface area contributed by atoms with Gasteiger partial charge < -0.3 is 10.1 Å². The molecule has 1 aromatic rings. The van der Waals surface area contributed by atoms with Crippen LogP contribution < -0.4 is 10.1 Å². The van der Waals surface area contributed by atoms with Crippen LogP contribution in [0.25, 0.3) is 0 Å². The second-order valence-corrected chi connectivity index (χ2v) is 5.47. The molecule has 1 N–H and O–H groups in total. The van der Waals surface area contributed by atoms with Crippen molar-refractivity contribution in [2.75, 3.05) is 7.11 Å². The van der Waals surface area contributed by atoms with Gasteiger partial charge in [-0.2, -0.15) is 0 Å². The van der Waals surface area contributed by atoms with Crippen LogP contribution in [-0.2, 0) is 4.79 Å². The van der Waals surface area contributed by atoms with Crippen molar-refractivity contribution < 1.29 is 9.53 Å². The van der Waals surface area contributed by atoms with E-state index in [1.165, 1.54) is 0 Å². The van der Waals surface area contributed by atoms with E-state index in [0.29, 0.717) is 0 Å². The van der Waals surface area contributed by atoms with Crippen molar-refractivity contribution in [1.29, 1.82) is 0 Å². The fourth-order valence-electron chi connectivity index (χ4n) is 1.60. The molecule has 0 saturated heterocycles. The smallest absolute Gasteiger partial charge is 0.233 e. The highest BCUT2D eigenvalue weighted by atomic mass is 79.9. The van der Waals surface area contributed by atoms with E-state index >= 15 is 0 Å².